The molecular formula is C19H17NO3S. The molecule has 122 valence electrons. The monoisotopic (exact) mass is 339 g/mol. The number of nitrogens with zero attached hydrogens (tertiary/aromatic N) is 1. The Bertz CT molecular complexity index is 899. The summed E-state index contributed by atoms with van der Waals surface area (Å²) >= 11 is 1.48. The van der Waals surface area contributed by atoms with Gasteiger partial charge in [0.05, 0.1) is 13.7 Å². The average Bonchev–Trinajstić information content (AvgIpc) is 2.99. The second kappa shape index (κ2) is 7.27. The van der Waals surface area contributed by atoms with Crippen LogP contribution < -0.4 is 4.74 Å². The number of esters is 1. The number of carbonyl (C=O) groups excluding carboxylic acids is 1. The zero-order valence-electron chi connectivity index (χ0n) is 13.5. The molecule has 0 saturated carbocycles. The minimum atomic E-state index is -0.340. The topological polar surface area (TPSA) is 47.9 Å². The SMILES string of the molecule is CCOC(=O)c1c(N=Cc2cccc(OC)c2)sc2ccccc12. The lowest BCUT2D eigenvalue weighted by Gasteiger charge is -2.02. The van der Waals surface area contributed by atoms with E-state index in [-0.39, 0.29) is 5.97 Å². The number of hydrogen-bond acceptors (Lipinski definition) is 5. The van der Waals surface area contributed by atoms with Gasteiger partial charge in [-0.15, -0.1) is 11.3 Å². The lowest BCUT2D eigenvalue weighted by Crippen LogP contribution is -2.03. The molecule has 2 aromatic carbocycles. The number of aliphatic imine (C=N–C) groups is 1. The number of rotatable bonds is 5. The Morgan fingerprint density at radius 3 is 2.83 bits per heavy atom. The Hall–Kier alpha value is -2.66. The summed E-state index contributed by atoms with van der Waals surface area (Å²) in [5.74, 6) is 0.425. The maximum Gasteiger partial charge on any atom is 0.341 e. The van der Waals surface area contributed by atoms with Crippen LogP contribution in [0.5, 0.6) is 5.75 Å². The predicted octanol–water partition coefficient (Wildman–Crippen LogP) is 4.84. The molecule has 4 nitrogen and oxygen atoms in total. The summed E-state index contributed by atoms with van der Waals surface area (Å²) < 4.78 is 11.4. The number of carbonyl (C=O) groups is 1. The Morgan fingerprint density at radius 2 is 2.04 bits per heavy atom. The van der Waals surface area contributed by atoms with Crippen molar-refractivity contribution >= 4 is 38.6 Å². The molecule has 3 rings (SSSR count). The highest BCUT2D eigenvalue weighted by molar-refractivity contribution is 7.23. The van der Waals surface area contributed by atoms with Gasteiger partial charge in [0.1, 0.15) is 16.3 Å². The number of benzene rings is 2. The molecule has 0 amide bonds. The second-order valence-electron chi connectivity index (χ2n) is 5.03. The first-order valence-corrected chi connectivity index (χ1v) is 8.41. The van der Waals surface area contributed by atoms with Gasteiger partial charge in [-0.05, 0) is 30.7 Å². The highest BCUT2D eigenvalue weighted by Gasteiger charge is 2.19. The van der Waals surface area contributed by atoms with Crippen LogP contribution in [0.2, 0.25) is 0 Å². The van der Waals surface area contributed by atoms with Crippen molar-refractivity contribution in [3.05, 3.63) is 59.7 Å². The van der Waals surface area contributed by atoms with Crippen LogP contribution in [-0.2, 0) is 4.74 Å². The largest absolute Gasteiger partial charge is 0.497 e. The molecule has 3 aromatic rings. The van der Waals surface area contributed by atoms with Crippen LogP contribution in [0.3, 0.4) is 0 Å². The minimum Gasteiger partial charge on any atom is -0.497 e. The average molecular weight is 339 g/mol. The lowest BCUT2D eigenvalue weighted by molar-refractivity contribution is 0.0530. The molecule has 0 aliphatic rings. The van der Waals surface area contributed by atoms with Crippen LogP contribution >= 0.6 is 11.3 Å². The zero-order chi connectivity index (χ0) is 16.9. The van der Waals surface area contributed by atoms with Crippen LogP contribution in [-0.4, -0.2) is 25.9 Å². The van der Waals surface area contributed by atoms with Gasteiger partial charge in [0.25, 0.3) is 0 Å². The molecule has 24 heavy (non-hydrogen) atoms. The molecule has 0 fully saturated rings. The third-order valence-electron chi connectivity index (χ3n) is 3.48. The van der Waals surface area contributed by atoms with Gasteiger partial charge in [-0.1, -0.05) is 30.3 Å². The summed E-state index contributed by atoms with van der Waals surface area (Å²) in [4.78, 5) is 16.9. The maximum atomic E-state index is 12.3. The van der Waals surface area contributed by atoms with Crippen LogP contribution in [0.1, 0.15) is 22.8 Å². The first kappa shape index (κ1) is 16.2. The predicted molar refractivity (Wildman–Crippen MR) is 98.0 cm³/mol. The smallest absolute Gasteiger partial charge is 0.341 e. The van der Waals surface area contributed by atoms with Gasteiger partial charge < -0.3 is 9.47 Å². The molecule has 0 unspecified atom stereocenters. The number of hydrogen-bond donors (Lipinski definition) is 0. The molecule has 5 heteroatoms. The summed E-state index contributed by atoms with van der Waals surface area (Å²) in [6.07, 6.45) is 1.73. The van der Waals surface area contributed by atoms with E-state index in [9.17, 15) is 4.79 Å². The van der Waals surface area contributed by atoms with Gasteiger partial charge in [0, 0.05) is 16.3 Å². The van der Waals surface area contributed by atoms with E-state index in [4.69, 9.17) is 9.47 Å². The highest BCUT2D eigenvalue weighted by Crippen LogP contribution is 2.38. The number of methoxy groups -OCH3 is 1. The van der Waals surface area contributed by atoms with E-state index in [0.717, 1.165) is 21.4 Å². The fourth-order valence-corrected chi connectivity index (χ4v) is 3.41. The molecular weight excluding hydrogens is 322 g/mol. The van der Waals surface area contributed by atoms with Crippen molar-refractivity contribution in [2.24, 2.45) is 4.99 Å². The summed E-state index contributed by atoms with van der Waals surface area (Å²) in [6, 6.07) is 15.4. The third kappa shape index (κ3) is 3.31. The van der Waals surface area contributed by atoms with Crippen LogP contribution in [0.15, 0.2) is 53.5 Å². The second-order valence-corrected chi connectivity index (χ2v) is 6.06. The first-order valence-electron chi connectivity index (χ1n) is 7.59. The van der Waals surface area contributed by atoms with Crippen molar-refractivity contribution in [1.82, 2.24) is 0 Å². The van der Waals surface area contributed by atoms with E-state index in [1.54, 1.807) is 20.2 Å². The van der Waals surface area contributed by atoms with Crippen molar-refractivity contribution in [2.75, 3.05) is 13.7 Å². The van der Waals surface area contributed by atoms with Gasteiger partial charge in [0.2, 0.25) is 0 Å². The molecule has 0 N–H and O–H groups in total. The fraction of sp³-hybridized carbons (Fsp3) is 0.158. The molecule has 0 aliphatic carbocycles. The Kier molecular flexibility index (Phi) is 4.91. The van der Waals surface area contributed by atoms with E-state index in [0.29, 0.717) is 17.2 Å². The Balaban J connectivity index is 2.03. The first-order chi connectivity index (χ1) is 11.7. The van der Waals surface area contributed by atoms with Crippen molar-refractivity contribution in [3.8, 4) is 5.75 Å². The molecule has 0 bridgehead atoms. The standard InChI is InChI=1S/C19H17NO3S/c1-3-23-19(21)17-15-9-4-5-10-16(15)24-18(17)20-12-13-7-6-8-14(11-13)22-2/h4-12H,3H2,1-2H3. The molecule has 0 radical (unpaired) electrons. The quantitative estimate of drug-likeness (QED) is 0.494. The highest BCUT2D eigenvalue weighted by atomic mass is 32.1. The maximum absolute atomic E-state index is 12.3. The molecule has 0 aliphatic heterocycles. The lowest BCUT2D eigenvalue weighted by atomic mass is 10.1. The van der Waals surface area contributed by atoms with E-state index >= 15 is 0 Å². The van der Waals surface area contributed by atoms with Crippen molar-refractivity contribution in [3.63, 3.8) is 0 Å². The molecule has 0 spiro atoms. The Labute approximate surface area is 144 Å². The summed E-state index contributed by atoms with van der Waals surface area (Å²) in [5, 5.41) is 1.52. The van der Waals surface area contributed by atoms with Gasteiger partial charge in [-0.25, -0.2) is 9.79 Å². The van der Waals surface area contributed by atoms with Gasteiger partial charge >= 0.3 is 5.97 Å². The van der Waals surface area contributed by atoms with Crippen LogP contribution in [0.4, 0.5) is 5.00 Å². The van der Waals surface area contributed by atoms with Gasteiger partial charge in [-0.3, -0.25) is 0 Å². The fourth-order valence-electron chi connectivity index (χ4n) is 2.38. The number of fused-ring (bicyclic) bond motifs is 1. The third-order valence-corrected chi connectivity index (χ3v) is 4.56. The summed E-state index contributed by atoms with van der Waals surface area (Å²) in [7, 11) is 1.63. The van der Waals surface area contributed by atoms with Crippen molar-refractivity contribution in [2.45, 2.75) is 6.92 Å². The Morgan fingerprint density at radius 1 is 1.21 bits per heavy atom. The normalized spacial score (nSPS) is 11.1. The van der Waals surface area contributed by atoms with Gasteiger partial charge in [-0.2, -0.15) is 0 Å². The molecule has 1 aromatic heterocycles. The summed E-state index contributed by atoms with van der Waals surface area (Å²) in [5.41, 5.74) is 1.43. The summed E-state index contributed by atoms with van der Waals surface area (Å²) in [6.45, 7) is 2.13. The van der Waals surface area contributed by atoms with E-state index in [1.165, 1.54) is 11.3 Å². The van der Waals surface area contributed by atoms with E-state index < -0.39 is 0 Å². The molecule has 0 atom stereocenters. The van der Waals surface area contributed by atoms with E-state index in [1.807, 2.05) is 48.5 Å². The molecule has 0 saturated heterocycles. The van der Waals surface area contributed by atoms with E-state index in [2.05, 4.69) is 4.99 Å². The number of thiophene rings is 1. The zero-order valence-corrected chi connectivity index (χ0v) is 14.3. The van der Waals surface area contributed by atoms with Crippen molar-refractivity contribution in [1.29, 1.82) is 0 Å². The van der Waals surface area contributed by atoms with Crippen LogP contribution in [0.25, 0.3) is 10.1 Å². The minimum absolute atomic E-state index is 0.335. The van der Waals surface area contributed by atoms with Crippen molar-refractivity contribution < 1.29 is 14.3 Å². The molecule has 1 heterocycles. The number of ether oxygens (including phenoxy) is 2. The van der Waals surface area contributed by atoms with Crippen LogP contribution in [0, 0.1) is 0 Å². The van der Waals surface area contributed by atoms with Gasteiger partial charge in [0.15, 0.2) is 0 Å².